The molecule has 0 fully saturated rings. The van der Waals surface area contributed by atoms with Crippen molar-refractivity contribution in [2.24, 2.45) is 0 Å². The van der Waals surface area contributed by atoms with Crippen LogP contribution < -0.4 is 0 Å². The van der Waals surface area contributed by atoms with Crippen molar-refractivity contribution in [3.05, 3.63) is 94.6 Å². The van der Waals surface area contributed by atoms with E-state index < -0.39 is 25.5 Å². The molecule has 0 aliphatic heterocycles. The van der Waals surface area contributed by atoms with Gasteiger partial charge in [-0.05, 0) is 18.2 Å². The minimum atomic E-state index is -3.39. The van der Waals surface area contributed by atoms with Gasteiger partial charge in [0.25, 0.3) is 5.78 Å². The lowest BCUT2D eigenvalue weighted by atomic mass is 9.93. The topological polar surface area (TPSA) is 139 Å². The predicted molar refractivity (Wildman–Crippen MR) is 134 cm³/mol. The molecule has 0 saturated heterocycles. The highest BCUT2D eigenvalue weighted by Gasteiger charge is 2.30. The lowest BCUT2D eigenvalue weighted by molar-refractivity contribution is -0.00436. The third-order valence-electron chi connectivity index (χ3n) is 5.52. The highest BCUT2D eigenvalue weighted by Crippen LogP contribution is 2.32. The number of ketones is 2. The summed E-state index contributed by atoms with van der Waals surface area (Å²) >= 11 is 0. The Morgan fingerprint density at radius 1 is 0.800 bits per heavy atom. The standard InChI is InChI=1S/C13H12O3S.C12H10N2O3S/c1-3-17(15,16)12-8-9(2)13(14)11-7-5-4-6-10(11)12;1-2-18(16,17)11-5-3-4-9-8(11)6-7-10(14-13)12(9)15/h4-8H,2-3H2,1H3;3-7H,2H2,1H3. The number of hydrogen-bond acceptors (Lipinski definition) is 6. The number of allylic oxidation sites excluding steroid dienone is 3. The molecule has 8 nitrogen and oxygen atoms in total. The Hall–Kier alpha value is -3.72. The molecule has 0 atom stereocenters. The summed E-state index contributed by atoms with van der Waals surface area (Å²) in [6.45, 7) is 6.73. The van der Waals surface area contributed by atoms with Crippen molar-refractivity contribution in [3.63, 3.8) is 0 Å². The number of sulfone groups is 2. The Morgan fingerprint density at radius 3 is 2.00 bits per heavy atom. The van der Waals surface area contributed by atoms with E-state index in [0.717, 1.165) is 0 Å². The van der Waals surface area contributed by atoms with Crippen LogP contribution in [0.1, 0.15) is 45.7 Å². The van der Waals surface area contributed by atoms with Crippen LogP contribution in [0, 0.1) is 0 Å². The number of carbonyl (C=O) groups excluding carboxylic acids is 2. The summed E-state index contributed by atoms with van der Waals surface area (Å²) in [6, 6.07) is 11.2. The summed E-state index contributed by atoms with van der Waals surface area (Å²) in [6.07, 6.45) is 4.15. The second-order valence-electron chi connectivity index (χ2n) is 7.58. The van der Waals surface area contributed by atoms with Crippen molar-refractivity contribution < 1.29 is 31.2 Å². The summed E-state index contributed by atoms with van der Waals surface area (Å²) in [5.41, 5.74) is 10.3. The Morgan fingerprint density at radius 2 is 1.40 bits per heavy atom. The second kappa shape index (κ2) is 9.87. The number of Topliss-reactive ketones (excluding diaryl/α,β-unsaturated/α-hetero) is 2. The van der Waals surface area contributed by atoms with Crippen LogP contribution in [-0.2, 0) is 19.7 Å². The molecule has 2 aliphatic rings. The molecule has 0 unspecified atom stereocenters. The first-order valence-corrected chi connectivity index (χ1v) is 13.9. The van der Waals surface area contributed by atoms with Crippen molar-refractivity contribution in [1.29, 1.82) is 0 Å². The smallest absolute Gasteiger partial charge is 0.361 e. The number of hydrogen-bond donors (Lipinski definition) is 0. The van der Waals surface area contributed by atoms with Crippen molar-refractivity contribution in [2.45, 2.75) is 18.7 Å². The van der Waals surface area contributed by atoms with Gasteiger partial charge in [-0.2, -0.15) is 4.79 Å². The van der Waals surface area contributed by atoms with E-state index in [-0.39, 0.29) is 43.9 Å². The van der Waals surface area contributed by atoms with E-state index in [9.17, 15) is 26.4 Å². The first kappa shape index (κ1) is 25.9. The van der Waals surface area contributed by atoms with Crippen molar-refractivity contribution in [2.75, 3.05) is 11.5 Å². The Kier molecular flexibility index (Phi) is 7.30. The second-order valence-corrected chi connectivity index (χ2v) is 12.1. The van der Waals surface area contributed by atoms with Crippen LogP contribution >= 0.6 is 0 Å². The van der Waals surface area contributed by atoms with E-state index in [1.807, 2.05) is 0 Å². The Balaban J connectivity index is 0.000000196. The molecular formula is C25H22N2O6S2. The van der Waals surface area contributed by atoms with E-state index in [1.54, 1.807) is 38.1 Å². The van der Waals surface area contributed by atoms with Gasteiger partial charge in [0, 0.05) is 33.9 Å². The summed E-state index contributed by atoms with van der Waals surface area (Å²) in [4.78, 5) is 26.9. The first-order valence-electron chi connectivity index (χ1n) is 10.6. The van der Waals surface area contributed by atoms with Crippen LogP contribution in [0.25, 0.3) is 16.5 Å². The number of nitrogens with zero attached hydrogens (tertiary/aromatic N) is 2. The fraction of sp³-hybridized carbons (Fsp3) is 0.160. The van der Waals surface area contributed by atoms with Gasteiger partial charge in [-0.15, -0.1) is 0 Å². The molecule has 0 amide bonds. The number of fused-ring (bicyclic) bond motifs is 2. The normalized spacial score (nSPS) is 14.9. The fourth-order valence-electron chi connectivity index (χ4n) is 3.58. The minimum absolute atomic E-state index is 0.00857. The van der Waals surface area contributed by atoms with Crippen LogP contribution in [0.5, 0.6) is 0 Å². The van der Waals surface area contributed by atoms with Crippen LogP contribution in [0.15, 0.2) is 71.7 Å². The van der Waals surface area contributed by atoms with Crippen molar-refractivity contribution in [3.8, 4) is 0 Å². The van der Waals surface area contributed by atoms with E-state index in [1.165, 1.54) is 36.4 Å². The third-order valence-corrected chi connectivity index (χ3v) is 9.08. The zero-order valence-electron chi connectivity index (χ0n) is 19.1. The molecule has 180 valence electrons. The quantitative estimate of drug-likeness (QED) is 0.350. The van der Waals surface area contributed by atoms with E-state index in [2.05, 4.69) is 11.4 Å². The lowest BCUT2D eigenvalue weighted by Crippen LogP contribution is -2.19. The van der Waals surface area contributed by atoms with Gasteiger partial charge >= 0.3 is 5.71 Å². The molecule has 35 heavy (non-hydrogen) atoms. The first-order chi connectivity index (χ1) is 16.5. The molecular weight excluding hydrogens is 488 g/mol. The van der Waals surface area contributed by atoms with Gasteiger partial charge in [-0.25, -0.2) is 16.8 Å². The Labute approximate surface area is 203 Å². The summed E-state index contributed by atoms with van der Waals surface area (Å²) in [5, 5.41) is 0. The number of rotatable bonds is 4. The predicted octanol–water partition coefficient (Wildman–Crippen LogP) is 3.58. The molecule has 4 rings (SSSR count). The molecule has 0 N–H and O–H groups in total. The molecule has 2 aromatic rings. The third kappa shape index (κ3) is 4.90. The zero-order chi connectivity index (χ0) is 26.0. The van der Waals surface area contributed by atoms with Crippen LogP contribution in [-0.4, -0.2) is 50.4 Å². The molecule has 0 radical (unpaired) electrons. The highest BCUT2D eigenvalue weighted by molar-refractivity contribution is 8.00. The highest BCUT2D eigenvalue weighted by atomic mass is 32.2. The molecule has 10 heteroatoms. The fourth-order valence-corrected chi connectivity index (χ4v) is 5.83. The summed E-state index contributed by atoms with van der Waals surface area (Å²) in [5.74, 6) is -0.722. The maximum absolute atomic E-state index is 11.9. The minimum Gasteiger partial charge on any atom is -0.361 e. The maximum Gasteiger partial charge on any atom is 0.362 e. The molecule has 0 bridgehead atoms. The molecule has 0 saturated carbocycles. The van der Waals surface area contributed by atoms with E-state index in [4.69, 9.17) is 5.53 Å². The average Bonchev–Trinajstić information content (AvgIpc) is 2.86. The summed E-state index contributed by atoms with van der Waals surface area (Å²) in [7, 11) is -6.74. The van der Waals surface area contributed by atoms with Gasteiger partial charge in [0.15, 0.2) is 25.5 Å². The van der Waals surface area contributed by atoms with Gasteiger partial charge in [0.2, 0.25) is 0 Å². The molecule has 2 aliphatic carbocycles. The SMILES string of the molecule is C=C1C=C(S(=O)(=O)CC)c2ccccc2C1=O.CCS(=O)(=O)c1cccc2c1C=CC(=[N+]=[N-])C2=O. The van der Waals surface area contributed by atoms with Crippen molar-refractivity contribution >= 4 is 47.9 Å². The monoisotopic (exact) mass is 510 g/mol. The largest absolute Gasteiger partial charge is 0.362 e. The van der Waals surface area contributed by atoms with Crippen molar-refractivity contribution in [1.82, 2.24) is 0 Å². The molecule has 0 spiro atoms. The summed E-state index contributed by atoms with van der Waals surface area (Å²) < 4.78 is 47.7. The molecule has 0 heterocycles. The van der Waals surface area contributed by atoms with Crippen LogP contribution in [0.2, 0.25) is 0 Å². The molecule has 0 aromatic heterocycles. The Bertz CT molecular complexity index is 1590. The van der Waals surface area contributed by atoms with Gasteiger partial charge in [0.05, 0.1) is 21.3 Å². The van der Waals surface area contributed by atoms with Gasteiger partial charge in [0.1, 0.15) is 0 Å². The molecule has 2 aromatic carbocycles. The van der Waals surface area contributed by atoms with Gasteiger partial charge < -0.3 is 5.53 Å². The van der Waals surface area contributed by atoms with E-state index >= 15 is 0 Å². The average molecular weight is 511 g/mol. The number of benzene rings is 2. The van der Waals surface area contributed by atoms with Gasteiger partial charge in [-0.3, -0.25) is 9.59 Å². The van der Waals surface area contributed by atoms with Crippen LogP contribution in [0.3, 0.4) is 0 Å². The maximum atomic E-state index is 11.9. The zero-order valence-corrected chi connectivity index (χ0v) is 20.7. The lowest BCUT2D eigenvalue weighted by Gasteiger charge is -2.17. The van der Waals surface area contributed by atoms with Gasteiger partial charge in [-0.1, -0.05) is 56.8 Å². The number of carbonyl (C=O) groups is 2. The van der Waals surface area contributed by atoms with Crippen LogP contribution in [0.4, 0.5) is 0 Å². The van der Waals surface area contributed by atoms with E-state index in [0.29, 0.717) is 16.7 Å².